The van der Waals surface area contributed by atoms with E-state index in [1.807, 2.05) is 20.8 Å². The maximum absolute atomic E-state index is 11.8. The van der Waals surface area contributed by atoms with E-state index in [0.29, 0.717) is 12.5 Å². The Balaban J connectivity index is 4.29. The Hall–Kier alpha value is -0.570. The fraction of sp³-hybridized carbons (Fsp3) is 0.923. The summed E-state index contributed by atoms with van der Waals surface area (Å²) < 4.78 is 0. The molecule has 0 aliphatic heterocycles. The molecule has 0 aromatic carbocycles. The Kier molecular flexibility index (Phi) is 4.99. The highest BCUT2D eigenvalue weighted by molar-refractivity contribution is 5.82. The lowest BCUT2D eigenvalue weighted by molar-refractivity contribution is -0.125. The first-order valence-corrected chi connectivity index (χ1v) is 6.02. The van der Waals surface area contributed by atoms with Crippen molar-refractivity contribution in [3.8, 4) is 0 Å². The molecule has 0 aliphatic rings. The zero-order chi connectivity index (χ0) is 13.1. The molecular formula is C13H28N2O. The van der Waals surface area contributed by atoms with Crippen molar-refractivity contribution >= 4 is 5.91 Å². The van der Waals surface area contributed by atoms with E-state index in [2.05, 4.69) is 33.0 Å². The van der Waals surface area contributed by atoms with Gasteiger partial charge in [0.25, 0.3) is 0 Å². The molecule has 0 heterocycles. The van der Waals surface area contributed by atoms with Crippen LogP contribution in [0.4, 0.5) is 0 Å². The second-order valence-electron chi connectivity index (χ2n) is 6.70. The molecule has 0 aromatic rings. The maximum atomic E-state index is 11.8. The third kappa shape index (κ3) is 4.52. The standard InChI is InChI=1S/C13H28N2O/c1-9(2)13(6,7)8-15-11(16)10(14)12(3,4)5/h9-10H,8,14H2,1-7H3,(H,15,16)/t10-/m0/s1. The Morgan fingerprint density at radius 1 is 1.19 bits per heavy atom. The third-order valence-electron chi connectivity index (χ3n) is 3.50. The van der Waals surface area contributed by atoms with E-state index in [-0.39, 0.29) is 16.7 Å². The minimum Gasteiger partial charge on any atom is -0.354 e. The van der Waals surface area contributed by atoms with Crippen LogP contribution in [-0.2, 0) is 4.79 Å². The summed E-state index contributed by atoms with van der Waals surface area (Å²) in [7, 11) is 0. The van der Waals surface area contributed by atoms with Gasteiger partial charge in [-0.25, -0.2) is 0 Å². The van der Waals surface area contributed by atoms with E-state index >= 15 is 0 Å². The van der Waals surface area contributed by atoms with Gasteiger partial charge in [0.15, 0.2) is 0 Å². The van der Waals surface area contributed by atoms with Crippen LogP contribution >= 0.6 is 0 Å². The predicted octanol–water partition coefficient (Wildman–Crippen LogP) is 2.16. The van der Waals surface area contributed by atoms with Gasteiger partial charge in [0.05, 0.1) is 6.04 Å². The van der Waals surface area contributed by atoms with Crippen LogP contribution in [0.3, 0.4) is 0 Å². The van der Waals surface area contributed by atoms with Crippen LogP contribution in [0, 0.1) is 16.7 Å². The molecule has 0 fully saturated rings. The second-order valence-corrected chi connectivity index (χ2v) is 6.70. The van der Waals surface area contributed by atoms with E-state index in [1.165, 1.54) is 0 Å². The highest BCUT2D eigenvalue weighted by Crippen LogP contribution is 2.25. The number of hydrogen-bond acceptors (Lipinski definition) is 2. The lowest BCUT2D eigenvalue weighted by Gasteiger charge is -2.32. The molecule has 0 radical (unpaired) electrons. The van der Waals surface area contributed by atoms with Gasteiger partial charge in [-0.1, -0.05) is 48.5 Å². The summed E-state index contributed by atoms with van der Waals surface area (Å²) in [6.07, 6.45) is 0. The van der Waals surface area contributed by atoms with Crippen molar-refractivity contribution in [1.29, 1.82) is 0 Å². The lowest BCUT2D eigenvalue weighted by atomic mass is 9.81. The molecule has 0 bridgehead atoms. The van der Waals surface area contributed by atoms with Gasteiger partial charge in [0.1, 0.15) is 0 Å². The van der Waals surface area contributed by atoms with E-state index in [4.69, 9.17) is 5.73 Å². The number of amides is 1. The molecule has 0 unspecified atom stereocenters. The first-order chi connectivity index (χ1) is 6.98. The molecule has 0 spiro atoms. The number of carbonyl (C=O) groups excluding carboxylic acids is 1. The molecule has 1 amide bonds. The zero-order valence-electron chi connectivity index (χ0n) is 11.8. The molecule has 0 saturated heterocycles. The molecule has 0 saturated carbocycles. The predicted molar refractivity (Wildman–Crippen MR) is 69.1 cm³/mol. The highest BCUT2D eigenvalue weighted by atomic mass is 16.2. The van der Waals surface area contributed by atoms with Crippen molar-refractivity contribution in [3.63, 3.8) is 0 Å². The largest absolute Gasteiger partial charge is 0.354 e. The van der Waals surface area contributed by atoms with Crippen molar-refractivity contribution < 1.29 is 4.79 Å². The van der Waals surface area contributed by atoms with E-state index in [9.17, 15) is 4.79 Å². The second kappa shape index (κ2) is 5.17. The molecule has 0 aromatic heterocycles. The summed E-state index contributed by atoms with van der Waals surface area (Å²) in [6.45, 7) is 15.2. The Morgan fingerprint density at radius 3 is 1.94 bits per heavy atom. The average Bonchev–Trinajstić information content (AvgIpc) is 2.11. The number of rotatable bonds is 4. The zero-order valence-corrected chi connectivity index (χ0v) is 11.8. The molecule has 3 N–H and O–H groups in total. The number of nitrogens with one attached hydrogen (secondary N) is 1. The van der Waals surface area contributed by atoms with Crippen molar-refractivity contribution in [2.75, 3.05) is 6.54 Å². The topological polar surface area (TPSA) is 55.1 Å². The van der Waals surface area contributed by atoms with Gasteiger partial charge in [-0.2, -0.15) is 0 Å². The summed E-state index contributed by atoms with van der Waals surface area (Å²) in [5, 5.41) is 2.95. The fourth-order valence-electron chi connectivity index (χ4n) is 1.02. The van der Waals surface area contributed by atoms with Crippen molar-refractivity contribution in [2.24, 2.45) is 22.5 Å². The Labute approximate surface area is 100 Å². The number of nitrogens with two attached hydrogens (primary N) is 1. The van der Waals surface area contributed by atoms with Gasteiger partial charge >= 0.3 is 0 Å². The number of hydrogen-bond donors (Lipinski definition) is 2. The minimum absolute atomic E-state index is 0.0544. The van der Waals surface area contributed by atoms with Crippen LogP contribution in [-0.4, -0.2) is 18.5 Å². The third-order valence-corrected chi connectivity index (χ3v) is 3.50. The molecule has 96 valence electrons. The van der Waals surface area contributed by atoms with Gasteiger partial charge < -0.3 is 11.1 Å². The van der Waals surface area contributed by atoms with Gasteiger partial charge in [-0.3, -0.25) is 4.79 Å². The van der Waals surface area contributed by atoms with Crippen LogP contribution in [0.1, 0.15) is 48.5 Å². The fourth-order valence-corrected chi connectivity index (χ4v) is 1.02. The first kappa shape index (κ1) is 15.4. The molecule has 1 atom stereocenters. The van der Waals surface area contributed by atoms with Crippen LogP contribution < -0.4 is 11.1 Å². The SMILES string of the molecule is CC(C)C(C)(C)CNC(=O)[C@H](N)C(C)(C)C. The van der Waals surface area contributed by atoms with E-state index in [0.717, 1.165) is 0 Å². The van der Waals surface area contributed by atoms with Crippen LogP contribution in [0.5, 0.6) is 0 Å². The van der Waals surface area contributed by atoms with Crippen molar-refractivity contribution in [2.45, 2.75) is 54.5 Å². The first-order valence-electron chi connectivity index (χ1n) is 6.02. The van der Waals surface area contributed by atoms with Crippen molar-refractivity contribution in [1.82, 2.24) is 5.32 Å². The van der Waals surface area contributed by atoms with E-state index in [1.54, 1.807) is 0 Å². The van der Waals surface area contributed by atoms with E-state index < -0.39 is 6.04 Å². The molecule has 0 rings (SSSR count). The van der Waals surface area contributed by atoms with Gasteiger partial charge in [0.2, 0.25) is 5.91 Å². The lowest BCUT2D eigenvalue weighted by Crippen LogP contribution is -2.50. The minimum atomic E-state index is -0.449. The van der Waals surface area contributed by atoms with Crippen LogP contribution in [0.2, 0.25) is 0 Å². The van der Waals surface area contributed by atoms with Gasteiger partial charge in [0, 0.05) is 6.54 Å². The van der Waals surface area contributed by atoms with Crippen LogP contribution in [0.25, 0.3) is 0 Å². The molecule has 3 nitrogen and oxygen atoms in total. The van der Waals surface area contributed by atoms with Gasteiger partial charge in [-0.15, -0.1) is 0 Å². The van der Waals surface area contributed by atoms with Gasteiger partial charge in [-0.05, 0) is 16.7 Å². The quantitative estimate of drug-likeness (QED) is 0.774. The Bertz CT molecular complexity index is 239. The number of carbonyl (C=O) groups is 1. The molecule has 3 heteroatoms. The van der Waals surface area contributed by atoms with Crippen molar-refractivity contribution in [3.05, 3.63) is 0 Å². The summed E-state index contributed by atoms with van der Waals surface area (Å²) in [5.74, 6) is 0.472. The maximum Gasteiger partial charge on any atom is 0.237 e. The molecule has 16 heavy (non-hydrogen) atoms. The van der Waals surface area contributed by atoms with Crippen LogP contribution in [0.15, 0.2) is 0 Å². The molecule has 0 aliphatic carbocycles. The monoisotopic (exact) mass is 228 g/mol. The smallest absolute Gasteiger partial charge is 0.237 e. The molecular weight excluding hydrogens is 200 g/mol. The summed E-state index contributed by atoms with van der Waals surface area (Å²) >= 11 is 0. The average molecular weight is 228 g/mol. The summed E-state index contributed by atoms with van der Waals surface area (Å²) in [6, 6.07) is -0.449. The Morgan fingerprint density at radius 2 is 1.62 bits per heavy atom. The highest BCUT2D eigenvalue weighted by Gasteiger charge is 2.29. The summed E-state index contributed by atoms with van der Waals surface area (Å²) in [4.78, 5) is 11.8. The normalized spacial score (nSPS) is 15.1. The summed E-state index contributed by atoms with van der Waals surface area (Å²) in [5.41, 5.74) is 5.80.